The zero-order valence-electron chi connectivity index (χ0n) is 11.8. The van der Waals surface area contributed by atoms with Crippen molar-refractivity contribution in [3.8, 4) is 0 Å². The van der Waals surface area contributed by atoms with Crippen molar-refractivity contribution in [1.82, 2.24) is 20.3 Å². The van der Waals surface area contributed by atoms with Gasteiger partial charge >= 0.3 is 5.97 Å². The van der Waals surface area contributed by atoms with Crippen molar-refractivity contribution in [3.63, 3.8) is 0 Å². The summed E-state index contributed by atoms with van der Waals surface area (Å²) in [7, 11) is 0. The normalized spacial score (nSPS) is 20.8. The molecule has 7 heteroatoms. The Bertz CT molecular complexity index is 509. The van der Waals surface area contributed by atoms with Crippen LogP contribution in [-0.4, -0.2) is 38.5 Å². The molecule has 1 aromatic rings. The van der Waals surface area contributed by atoms with Crippen LogP contribution in [0.15, 0.2) is 6.20 Å². The van der Waals surface area contributed by atoms with Crippen LogP contribution in [0.1, 0.15) is 43.6 Å². The van der Waals surface area contributed by atoms with Crippen molar-refractivity contribution >= 4 is 11.9 Å². The lowest BCUT2D eigenvalue weighted by molar-refractivity contribution is -0.127. The molecule has 1 fully saturated rings. The van der Waals surface area contributed by atoms with Gasteiger partial charge in [0.05, 0.1) is 12.7 Å². The molecule has 0 radical (unpaired) electrons. The summed E-state index contributed by atoms with van der Waals surface area (Å²) in [5.41, 5.74) is -0.0263. The molecule has 1 unspecified atom stereocenters. The predicted molar refractivity (Wildman–Crippen MR) is 71.1 cm³/mol. The largest absolute Gasteiger partial charge is 0.476 e. The second-order valence-electron chi connectivity index (χ2n) is 5.90. The molecule has 1 heterocycles. The zero-order valence-corrected chi connectivity index (χ0v) is 11.8. The van der Waals surface area contributed by atoms with E-state index >= 15 is 0 Å². The first-order valence-electron chi connectivity index (χ1n) is 6.81. The van der Waals surface area contributed by atoms with Crippen LogP contribution in [0.25, 0.3) is 0 Å². The Labute approximate surface area is 117 Å². The second-order valence-corrected chi connectivity index (χ2v) is 5.90. The van der Waals surface area contributed by atoms with E-state index in [4.69, 9.17) is 5.11 Å². The number of carbonyl (C=O) groups excluding carboxylic acids is 1. The van der Waals surface area contributed by atoms with Crippen LogP contribution in [0, 0.1) is 11.3 Å². The lowest BCUT2D eigenvalue weighted by atomic mass is 9.81. The maximum atomic E-state index is 12.1. The number of nitrogens with one attached hydrogen (secondary N) is 1. The number of carbonyl (C=O) groups is 2. The van der Waals surface area contributed by atoms with E-state index in [1.54, 1.807) is 0 Å². The third-order valence-electron chi connectivity index (χ3n) is 3.97. The number of carboxylic acids is 1. The Hall–Kier alpha value is -1.92. The van der Waals surface area contributed by atoms with Crippen LogP contribution in [-0.2, 0) is 11.3 Å². The third-order valence-corrected chi connectivity index (χ3v) is 3.97. The van der Waals surface area contributed by atoms with Crippen molar-refractivity contribution in [2.45, 2.75) is 39.7 Å². The molecular weight excluding hydrogens is 260 g/mol. The van der Waals surface area contributed by atoms with Gasteiger partial charge in [-0.15, -0.1) is 5.10 Å². The highest BCUT2D eigenvalue weighted by molar-refractivity contribution is 5.84. The minimum atomic E-state index is -1.10. The fourth-order valence-electron chi connectivity index (χ4n) is 2.74. The number of aromatic carboxylic acids is 1. The summed E-state index contributed by atoms with van der Waals surface area (Å²) < 4.78 is 1.42. The van der Waals surface area contributed by atoms with Gasteiger partial charge in [0.2, 0.25) is 5.91 Å². The monoisotopic (exact) mass is 280 g/mol. The quantitative estimate of drug-likeness (QED) is 0.836. The second kappa shape index (κ2) is 5.60. The van der Waals surface area contributed by atoms with Crippen molar-refractivity contribution in [3.05, 3.63) is 11.9 Å². The minimum absolute atomic E-state index is 0.0628. The van der Waals surface area contributed by atoms with E-state index in [1.807, 2.05) is 0 Å². The molecule has 1 saturated carbocycles. The van der Waals surface area contributed by atoms with Gasteiger partial charge < -0.3 is 10.4 Å². The Balaban J connectivity index is 1.80. The van der Waals surface area contributed by atoms with Gasteiger partial charge in [0, 0.05) is 12.5 Å². The minimum Gasteiger partial charge on any atom is -0.476 e. The van der Waals surface area contributed by atoms with Crippen LogP contribution in [0.4, 0.5) is 0 Å². The molecular formula is C13H20N4O3. The first kappa shape index (κ1) is 14.5. The van der Waals surface area contributed by atoms with Gasteiger partial charge in [0.25, 0.3) is 0 Å². The SMILES string of the molecule is CC1(C)CCCC1C(=O)NCCn1cc(C(=O)O)nn1. The molecule has 0 spiro atoms. The average Bonchev–Trinajstić information content (AvgIpc) is 2.95. The summed E-state index contributed by atoms with van der Waals surface area (Å²) in [6.07, 6.45) is 4.46. The number of nitrogens with zero attached hydrogens (tertiary/aromatic N) is 3. The summed E-state index contributed by atoms with van der Waals surface area (Å²) in [6.45, 7) is 5.09. The van der Waals surface area contributed by atoms with E-state index < -0.39 is 5.97 Å². The zero-order chi connectivity index (χ0) is 14.8. The predicted octanol–water partition coefficient (Wildman–Crippen LogP) is 0.919. The fraction of sp³-hybridized carbons (Fsp3) is 0.692. The molecule has 1 aliphatic carbocycles. The van der Waals surface area contributed by atoms with Gasteiger partial charge in [-0.2, -0.15) is 0 Å². The summed E-state index contributed by atoms with van der Waals surface area (Å²) >= 11 is 0. The van der Waals surface area contributed by atoms with Gasteiger partial charge in [-0.05, 0) is 18.3 Å². The number of hydrogen-bond acceptors (Lipinski definition) is 4. The van der Waals surface area contributed by atoms with Gasteiger partial charge in [-0.3, -0.25) is 4.79 Å². The lowest BCUT2D eigenvalue weighted by Crippen LogP contribution is -2.37. The molecule has 0 saturated heterocycles. The summed E-state index contributed by atoms with van der Waals surface area (Å²) in [5, 5.41) is 18.8. The highest BCUT2D eigenvalue weighted by Gasteiger charge is 2.38. The van der Waals surface area contributed by atoms with Crippen molar-refractivity contribution in [2.75, 3.05) is 6.54 Å². The molecule has 1 amide bonds. The molecule has 1 aromatic heterocycles. The van der Waals surface area contributed by atoms with Crippen LogP contribution >= 0.6 is 0 Å². The molecule has 2 rings (SSSR count). The van der Waals surface area contributed by atoms with Crippen LogP contribution in [0.3, 0.4) is 0 Å². The maximum Gasteiger partial charge on any atom is 0.358 e. The number of rotatable bonds is 5. The van der Waals surface area contributed by atoms with E-state index in [1.165, 1.54) is 10.9 Å². The number of carboxylic acid groups (broad SMARTS) is 1. The van der Waals surface area contributed by atoms with Gasteiger partial charge in [-0.1, -0.05) is 25.5 Å². The topological polar surface area (TPSA) is 97.1 Å². The first-order chi connectivity index (χ1) is 9.40. The lowest BCUT2D eigenvalue weighted by Gasteiger charge is -2.25. The van der Waals surface area contributed by atoms with Gasteiger partial charge in [0.1, 0.15) is 0 Å². The van der Waals surface area contributed by atoms with Crippen molar-refractivity contribution < 1.29 is 14.7 Å². The molecule has 0 bridgehead atoms. The van der Waals surface area contributed by atoms with Crippen molar-refractivity contribution in [2.24, 2.45) is 11.3 Å². The van der Waals surface area contributed by atoms with Gasteiger partial charge in [-0.25, -0.2) is 9.48 Å². The molecule has 20 heavy (non-hydrogen) atoms. The molecule has 0 aliphatic heterocycles. The van der Waals surface area contributed by atoms with E-state index in [0.717, 1.165) is 19.3 Å². The number of amides is 1. The Morgan fingerprint density at radius 3 is 2.85 bits per heavy atom. The first-order valence-corrected chi connectivity index (χ1v) is 6.81. The third kappa shape index (κ3) is 3.15. The molecule has 7 nitrogen and oxygen atoms in total. The smallest absolute Gasteiger partial charge is 0.358 e. The Morgan fingerprint density at radius 2 is 2.30 bits per heavy atom. The van der Waals surface area contributed by atoms with Gasteiger partial charge in [0.15, 0.2) is 5.69 Å². The van der Waals surface area contributed by atoms with E-state index in [2.05, 4.69) is 29.5 Å². The molecule has 2 N–H and O–H groups in total. The van der Waals surface area contributed by atoms with E-state index in [0.29, 0.717) is 13.1 Å². The van der Waals surface area contributed by atoms with Crippen LogP contribution in [0.5, 0.6) is 0 Å². The Kier molecular flexibility index (Phi) is 4.06. The van der Waals surface area contributed by atoms with Crippen LogP contribution in [0.2, 0.25) is 0 Å². The molecule has 110 valence electrons. The number of aromatic nitrogens is 3. The highest BCUT2D eigenvalue weighted by atomic mass is 16.4. The summed E-state index contributed by atoms with van der Waals surface area (Å²) in [5.74, 6) is -0.966. The van der Waals surface area contributed by atoms with E-state index in [9.17, 15) is 9.59 Å². The summed E-state index contributed by atoms with van der Waals surface area (Å²) in [6, 6.07) is 0. The maximum absolute atomic E-state index is 12.1. The fourth-order valence-corrected chi connectivity index (χ4v) is 2.74. The molecule has 0 aromatic carbocycles. The average molecular weight is 280 g/mol. The van der Waals surface area contributed by atoms with Crippen molar-refractivity contribution in [1.29, 1.82) is 0 Å². The van der Waals surface area contributed by atoms with E-state index in [-0.39, 0.29) is 22.9 Å². The van der Waals surface area contributed by atoms with Crippen LogP contribution < -0.4 is 5.32 Å². The summed E-state index contributed by atoms with van der Waals surface area (Å²) in [4.78, 5) is 22.8. The molecule has 1 aliphatic rings. The highest BCUT2D eigenvalue weighted by Crippen LogP contribution is 2.42. The number of hydrogen-bond donors (Lipinski definition) is 2. The standard InChI is InChI=1S/C13H20N4O3/c1-13(2)5-3-4-9(13)11(18)14-6-7-17-8-10(12(19)20)15-16-17/h8-9H,3-7H2,1-2H3,(H,14,18)(H,19,20). The Morgan fingerprint density at radius 1 is 1.55 bits per heavy atom. The molecule has 1 atom stereocenters.